The van der Waals surface area contributed by atoms with Gasteiger partial charge in [-0.15, -0.1) is 0 Å². The van der Waals surface area contributed by atoms with Crippen LogP contribution in [0.4, 0.5) is 0 Å². The van der Waals surface area contributed by atoms with Crippen molar-refractivity contribution in [3.8, 4) is 0 Å². The highest BCUT2D eigenvalue weighted by atomic mass is 16.5. The zero-order valence-electron chi connectivity index (χ0n) is 13.4. The smallest absolute Gasteiger partial charge is 0.0615 e. The Bertz CT molecular complexity index is 192. The first-order chi connectivity index (χ1) is 9.11. The molecule has 0 aliphatic carbocycles. The largest absolute Gasteiger partial charge is 0.383 e. The van der Waals surface area contributed by atoms with Crippen molar-refractivity contribution in [2.45, 2.75) is 19.4 Å². The zero-order valence-corrected chi connectivity index (χ0v) is 13.4. The molecule has 1 atom stereocenters. The van der Waals surface area contributed by atoms with Gasteiger partial charge in [-0.2, -0.15) is 0 Å². The summed E-state index contributed by atoms with van der Waals surface area (Å²) in [6, 6.07) is 0.434. The van der Waals surface area contributed by atoms with Crippen LogP contribution in [0.1, 0.15) is 13.3 Å². The molecule has 0 saturated carbocycles. The molecule has 0 aliphatic rings. The van der Waals surface area contributed by atoms with Gasteiger partial charge in [0.05, 0.1) is 13.2 Å². The Morgan fingerprint density at radius 2 is 1.74 bits per heavy atom. The first-order valence-corrected chi connectivity index (χ1v) is 7.19. The molecule has 1 N–H and O–H groups in total. The molecule has 19 heavy (non-hydrogen) atoms. The minimum absolute atomic E-state index is 0.434. The molecule has 0 amide bonds. The highest BCUT2D eigenvalue weighted by Crippen LogP contribution is 1.99. The van der Waals surface area contributed by atoms with Crippen LogP contribution in [0.3, 0.4) is 0 Å². The predicted molar refractivity (Wildman–Crippen MR) is 80.8 cm³/mol. The molecule has 0 aromatic rings. The van der Waals surface area contributed by atoms with E-state index >= 15 is 0 Å². The number of nitrogens with zero attached hydrogens (tertiary/aromatic N) is 2. The molecule has 116 valence electrons. The predicted octanol–water partition coefficient (Wildman–Crippen LogP) is 0.511. The van der Waals surface area contributed by atoms with Crippen molar-refractivity contribution in [2.24, 2.45) is 0 Å². The Morgan fingerprint density at radius 3 is 2.32 bits per heavy atom. The molecule has 0 spiro atoms. The standard InChI is InChI=1S/C14H33N3O2/c1-14(13-19-5)17(11-12-18-4)10-8-15-7-6-9-16(2)3/h14-15H,6-13H2,1-5H3. The molecule has 0 heterocycles. The molecule has 0 radical (unpaired) electrons. The number of nitrogens with one attached hydrogen (secondary N) is 1. The van der Waals surface area contributed by atoms with Gasteiger partial charge in [0.15, 0.2) is 0 Å². The van der Waals surface area contributed by atoms with Crippen molar-refractivity contribution in [3.05, 3.63) is 0 Å². The summed E-state index contributed by atoms with van der Waals surface area (Å²) in [4.78, 5) is 4.62. The van der Waals surface area contributed by atoms with E-state index in [0.717, 1.165) is 45.9 Å². The summed E-state index contributed by atoms with van der Waals surface area (Å²) < 4.78 is 10.4. The lowest BCUT2D eigenvalue weighted by atomic mass is 10.3. The van der Waals surface area contributed by atoms with E-state index in [0.29, 0.717) is 6.04 Å². The average molecular weight is 275 g/mol. The minimum Gasteiger partial charge on any atom is -0.383 e. The fraction of sp³-hybridized carbons (Fsp3) is 1.00. The molecule has 0 fully saturated rings. The monoisotopic (exact) mass is 275 g/mol. The van der Waals surface area contributed by atoms with Crippen LogP contribution >= 0.6 is 0 Å². The second kappa shape index (κ2) is 12.8. The second-order valence-electron chi connectivity index (χ2n) is 5.24. The topological polar surface area (TPSA) is 37.0 Å². The number of methoxy groups -OCH3 is 2. The van der Waals surface area contributed by atoms with Gasteiger partial charge in [-0.05, 0) is 40.5 Å². The van der Waals surface area contributed by atoms with Gasteiger partial charge >= 0.3 is 0 Å². The molecule has 0 aliphatic heterocycles. The lowest BCUT2D eigenvalue weighted by Gasteiger charge is -2.28. The Morgan fingerprint density at radius 1 is 1.00 bits per heavy atom. The van der Waals surface area contributed by atoms with Crippen LogP contribution < -0.4 is 5.32 Å². The Labute approximate surface area is 119 Å². The first kappa shape index (κ1) is 18.8. The molecule has 0 saturated heterocycles. The van der Waals surface area contributed by atoms with Crippen molar-refractivity contribution in [1.82, 2.24) is 15.1 Å². The van der Waals surface area contributed by atoms with Crippen molar-refractivity contribution < 1.29 is 9.47 Å². The molecular formula is C14H33N3O2. The SMILES string of the molecule is COCCN(CCNCCCN(C)C)C(C)COC. The second-order valence-corrected chi connectivity index (χ2v) is 5.24. The van der Waals surface area contributed by atoms with E-state index in [4.69, 9.17) is 9.47 Å². The summed E-state index contributed by atoms with van der Waals surface area (Å²) in [6.45, 7) is 8.97. The summed E-state index contributed by atoms with van der Waals surface area (Å²) >= 11 is 0. The van der Waals surface area contributed by atoms with E-state index in [1.54, 1.807) is 14.2 Å². The maximum Gasteiger partial charge on any atom is 0.0615 e. The highest BCUT2D eigenvalue weighted by molar-refractivity contribution is 4.68. The van der Waals surface area contributed by atoms with E-state index < -0.39 is 0 Å². The summed E-state index contributed by atoms with van der Waals surface area (Å²) in [5, 5.41) is 3.49. The molecular weight excluding hydrogens is 242 g/mol. The van der Waals surface area contributed by atoms with Gasteiger partial charge in [0.2, 0.25) is 0 Å². The normalized spacial score (nSPS) is 13.4. The molecule has 0 aromatic heterocycles. The van der Waals surface area contributed by atoms with Gasteiger partial charge in [-0.25, -0.2) is 0 Å². The maximum absolute atomic E-state index is 5.23. The Balaban J connectivity index is 3.72. The van der Waals surface area contributed by atoms with Crippen LogP contribution in [0.2, 0.25) is 0 Å². The van der Waals surface area contributed by atoms with Crippen LogP contribution in [0.5, 0.6) is 0 Å². The quantitative estimate of drug-likeness (QED) is 0.496. The summed E-state index contributed by atoms with van der Waals surface area (Å²) in [6.07, 6.45) is 1.19. The highest BCUT2D eigenvalue weighted by Gasteiger charge is 2.12. The molecule has 0 rings (SSSR count). The van der Waals surface area contributed by atoms with Crippen LogP contribution in [0.15, 0.2) is 0 Å². The average Bonchev–Trinajstić information content (AvgIpc) is 2.36. The first-order valence-electron chi connectivity index (χ1n) is 7.19. The third kappa shape index (κ3) is 11.3. The van der Waals surface area contributed by atoms with Crippen LogP contribution in [-0.4, -0.2) is 90.1 Å². The van der Waals surface area contributed by atoms with Gasteiger partial charge in [0.25, 0.3) is 0 Å². The van der Waals surface area contributed by atoms with E-state index in [2.05, 4.69) is 36.1 Å². The van der Waals surface area contributed by atoms with E-state index in [-0.39, 0.29) is 0 Å². The third-order valence-electron chi connectivity index (χ3n) is 3.15. The van der Waals surface area contributed by atoms with Crippen LogP contribution in [-0.2, 0) is 9.47 Å². The lowest BCUT2D eigenvalue weighted by Crippen LogP contribution is -2.42. The Kier molecular flexibility index (Phi) is 12.7. The van der Waals surface area contributed by atoms with Crippen molar-refractivity contribution >= 4 is 0 Å². The van der Waals surface area contributed by atoms with Crippen molar-refractivity contribution in [1.29, 1.82) is 0 Å². The number of hydrogen-bond acceptors (Lipinski definition) is 5. The van der Waals surface area contributed by atoms with E-state index in [1.165, 1.54) is 6.42 Å². The van der Waals surface area contributed by atoms with Gasteiger partial charge in [0, 0.05) is 39.9 Å². The van der Waals surface area contributed by atoms with Gasteiger partial charge in [0.1, 0.15) is 0 Å². The fourth-order valence-corrected chi connectivity index (χ4v) is 1.98. The number of rotatable bonds is 13. The summed E-state index contributed by atoms with van der Waals surface area (Å²) in [5.74, 6) is 0. The lowest BCUT2D eigenvalue weighted by molar-refractivity contribution is 0.0757. The number of hydrogen-bond donors (Lipinski definition) is 1. The van der Waals surface area contributed by atoms with E-state index in [1.807, 2.05) is 0 Å². The fourth-order valence-electron chi connectivity index (χ4n) is 1.98. The minimum atomic E-state index is 0.434. The molecule has 0 aromatic carbocycles. The molecule has 5 nitrogen and oxygen atoms in total. The zero-order chi connectivity index (χ0) is 14.5. The molecule has 0 bridgehead atoms. The van der Waals surface area contributed by atoms with Crippen LogP contribution in [0, 0.1) is 0 Å². The Hall–Kier alpha value is -0.200. The van der Waals surface area contributed by atoms with Crippen molar-refractivity contribution in [2.75, 3.05) is 74.3 Å². The van der Waals surface area contributed by atoms with Gasteiger partial charge < -0.3 is 19.7 Å². The van der Waals surface area contributed by atoms with E-state index in [9.17, 15) is 0 Å². The third-order valence-corrected chi connectivity index (χ3v) is 3.15. The summed E-state index contributed by atoms with van der Waals surface area (Å²) in [5.41, 5.74) is 0. The van der Waals surface area contributed by atoms with Crippen molar-refractivity contribution in [3.63, 3.8) is 0 Å². The molecule has 1 unspecified atom stereocenters. The summed E-state index contributed by atoms with van der Waals surface area (Å²) in [7, 11) is 7.72. The molecule has 5 heteroatoms. The number of ether oxygens (including phenoxy) is 2. The maximum atomic E-state index is 5.23. The van der Waals surface area contributed by atoms with Gasteiger partial charge in [-0.3, -0.25) is 4.90 Å². The van der Waals surface area contributed by atoms with Gasteiger partial charge in [-0.1, -0.05) is 0 Å². The van der Waals surface area contributed by atoms with Crippen LogP contribution in [0.25, 0.3) is 0 Å².